The van der Waals surface area contributed by atoms with E-state index < -0.39 is 6.10 Å². The third kappa shape index (κ3) is 3.05. The van der Waals surface area contributed by atoms with Gasteiger partial charge < -0.3 is 9.84 Å². The van der Waals surface area contributed by atoms with Gasteiger partial charge in [0, 0.05) is 10.6 Å². The molecule has 2 nitrogen and oxygen atoms in total. The Morgan fingerprint density at radius 3 is 2.79 bits per heavy atom. The maximum Gasteiger partial charge on any atom is 0.125 e. The van der Waals surface area contributed by atoms with Crippen LogP contribution in [0.2, 0.25) is 0 Å². The van der Waals surface area contributed by atoms with Crippen molar-refractivity contribution in [2.45, 2.75) is 13.0 Å². The Morgan fingerprint density at radius 2 is 2.21 bits per heavy atom. The lowest BCUT2D eigenvalue weighted by Crippen LogP contribution is -2.01. The van der Waals surface area contributed by atoms with Gasteiger partial charge in [0.1, 0.15) is 12.4 Å². The Hall–Kier alpha value is -0.990. The van der Waals surface area contributed by atoms with E-state index in [0.29, 0.717) is 10.8 Å². The lowest BCUT2D eigenvalue weighted by molar-refractivity contribution is 0.193. The summed E-state index contributed by atoms with van der Waals surface area (Å²) in [6.07, 6.45) is -0.546. The van der Waals surface area contributed by atoms with Crippen molar-refractivity contribution >= 4 is 11.6 Å². The summed E-state index contributed by atoms with van der Waals surface area (Å²) in [6.45, 7) is 5.47. The molecular formula is C11H13ClO2. The van der Waals surface area contributed by atoms with E-state index in [4.69, 9.17) is 16.3 Å². The predicted octanol–water partition coefficient (Wildman–Crippen LogP) is 2.87. The molecule has 0 aliphatic rings. The normalized spacial score (nSPS) is 12.2. The first-order chi connectivity index (χ1) is 6.61. The second-order valence-corrected chi connectivity index (χ2v) is 3.55. The average molecular weight is 213 g/mol. The lowest BCUT2D eigenvalue weighted by Gasteiger charge is -2.12. The smallest absolute Gasteiger partial charge is 0.125 e. The summed E-state index contributed by atoms with van der Waals surface area (Å²) < 4.78 is 5.37. The lowest BCUT2D eigenvalue weighted by atomic mass is 10.1. The molecule has 0 aromatic heterocycles. The van der Waals surface area contributed by atoms with Gasteiger partial charge in [0.05, 0.1) is 6.10 Å². The van der Waals surface area contributed by atoms with Crippen LogP contribution >= 0.6 is 11.6 Å². The average Bonchev–Trinajstić information content (AvgIpc) is 2.15. The predicted molar refractivity (Wildman–Crippen MR) is 57.6 cm³/mol. The van der Waals surface area contributed by atoms with Crippen LogP contribution in [0.3, 0.4) is 0 Å². The zero-order valence-electron chi connectivity index (χ0n) is 8.03. The second kappa shape index (κ2) is 5.03. The van der Waals surface area contributed by atoms with Gasteiger partial charge in [-0.15, -0.1) is 0 Å². The molecule has 0 heterocycles. The molecule has 0 aliphatic heterocycles. The van der Waals surface area contributed by atoms with Gasteiger partial charge in [-0.3, -0.25) is 0 Å². The number of benzene rings is 1. The van der Waals surface area contributed by atoms with E-state index >= 15 is 0 Å². The fourth-order valence-corrected chi connectivity index (χ4v) is 1.17. The Labute approximate surface area is 88.8 Å². The fraction of sp³-hybridized carbons (Fsp3) is 0.273. The Morgan fingerprint density at radius 1 is 1.57 bits per heavy atom. The highest BCUT2D eigenvalue weighted by molar-refractivity contribution is 6.29. The zero-order valence-corrected chi connectivity index (χ0v) is 8.79. The van der Waals surface area contributed by atoms with Gasteiger partial charge >= 0.3 is 0 Å². The van der Waals surface area contributed by atoms with E-state index in [0.717, 1.165) is 5.56 Å². The molecule has 0 unspecified atom stereocenters. The summed E-state index contributed by atoms with van der Waals surface area (Å²) in [4.78, 5) is 0. The van der Waals surface area contributed by atoms with Gasteiger partial charge in [0.25, 0.3) is 0 Å². The van der Waals surface area contributed by atoms with Crippen molar-refractivity contribution in [1.29, 1.82) is 0 Å². The zero-order chi connectivity index (χ0) is 10.6. The molecule has 1 atom stereocenters. The van der Waals surface area contributed by atoms with E-state index in [1.165, 1.54) is 0 Å². The number of aliphatic hydroxyl groups excluding tert-OH is 1. The van der Waals surface area contributed by atoms with E-state index in [1.807, 2.05) is 18.2 Å². The van der Waals surface area contributed by atoms with Gasteiger partial charge in [-0.2, -0.15) is 0 Å². The molecule has 1 aromatic rings. The van der Waals surface area contributed by atoms with Crippen LogP contribution < -0.4 is 4.74 Å². The minimum Gasteiger partial charge on any atom is -0.488 e. The van der Waals surface area contributed by atoms with E-state index in [9.17, 15) is 5.11 Å². The Bertz CT molecular complexity index is 321. The van der Waals surface area contributed by atoms with Crippen LogP contribution in [0.5, 0.6) is 5.75 Å². The van der Waals surface area contributed by atoms with Gasteiger partial charge in [0.15, 0.2) is 0 Å². The molecule has 0 amide bonds. The first kappa shape index (κ1) is 11.1. The van der Waals surface area contributed by atoms with Crippen molar-refractivity contribution in [2.24, 2.45) is 0 Å². The molecule has 1 aromatic carbocycles. The van der Waals surface area contributed by atoms with Crippen molar-refractivity contribution in [3.05, 3.63) is 41.4 Å². The highest BCUT2D eigenvalue weighted by Crippen LogP contribution is 2.24. The number of hydrogen-bond acceptors (Lipinski definition) is 2. The summed E-state index contributed by atoms with van der Waals surface area (Å²) in [5, 5.41) is 9.87. The maximum atomic E-state index is 9.43. The van der Waals surface area contributed by atoms with Crippen molar-refractivity contribution < 1.29 is 9.84 Å². The van der Waals surface area contributed by atoms with Crippen molar-refractivity contribution in [1.82, 2.24) is 0 Å². The summed E-state index contributed by atoms with van der Waals surface area (Å²) in [7, 11) is 0. The molecule has 0 spiro atoms. The number of aliphatic hydroxyl groups is 1. The van der Waals surface area contributed by atoms with Crippen molar-refractivity contribution in [2.75, 3.05) is 6.61 Å². The van der Waals surface area contributed by atoms with Crippen molar-refractivity contribution in [3.8, 4) is 5.75 Å². The number of para-hydroxylation sites is 1. The molecule has 14 heavy (non-hydrogen) atoms. The van der Waals surface area contributed by atoms with E-state index in [-0.39, 0.29) is 6.61 Å². The molecule has 0 saturated heterocycles. The third-order valence-electron chi connectivity index (χ3n) is 1.75. The van der Waals surface area contributed by atoms with Crippen LogP contribution in [-0.4, -0.2) is 11.7 Å². The molecule has 0 saturated carbocycles. The number of ether oxygens (including phenoxy) is 1. The molecule has 76 valence electrons. The first-order valence-corrected chi connectivity index (χ1v) is 4.72. The molecule has 3 heteroatoms. The first-order valence-electron chi connectivity index (χ1n) is 4.34. The van der Waals surface area contributed by atoms with Gasteiger partial charge in [-0.05, 0) is 13.0 Å². The van der Waals surface area contributed by atoms with Crippen LogP contribution in [0.1, 0.15) is 18.6 Å². The minimum atomic E-state index is -0.546. The number of rotatable bonds is 4. The molecule has 0 radical (unpaired) electrons. The number of hydrogen-bond donors (Lipinski definition) is 1. The van der Waals surface area contributed by atoms with Crippen LogP contribution in [0, 0.1) is 0 Å². The highest BCUT2D eigenvalue weighted by atomic mass is 35.5. The minimum absolute atomic E-state index is 0.255. The van der Waals surface area contributed by atoms with E-state index in [1.54, 1.807) is 13.0 Å². The van der Waals surface area contributed by atoms with E-state index in [2.05, 4.69) is 6.58 Å². The molecule has 0 bridgehead atoms. The second-order valence-electron chi connectivity index (χ2n) is 3.02. The topological polar surface area (TPSA) is 29.5 Å². The number of halogens is 1. The monoisotopic (exact) mass is 212 g/mol. The molecule has 0 aliphatic carbocycles. The Kier molecular flexibility index (Phi) is 3.98. The van der Waals surface area contributed by atoms with Crippen LogP contribution in [0.15, 0.2) is 35.9 Å². The molecule has 1 N–H and O–H groups in total. The van der Waals surface area contributed by atoms with Crippen LogP contribution in [-0.2, 0) is 0 Å². The standard InChI is InChI=1S/C11H13ClO2/c1-8(12)7-14-11-6-4-3-5-10(11)9(2)13/h3-6,9,13H,1,7H2,2H3/t9-/m0/s1. The van der Waals surface area contributed by atoms with Gasteiger partial charge in [-0.1, -0.05) is 36.4 Å². The summed E-state index contributed by atoms with van der Waals surface area (Å²) in [5.74, 6) is 0.643. The molecular weight excluding hydrogens is 200 g/mol. The maximum absolute atomic E-state index is 9.43. The largest absolute Gasteiger partial charge is 0.488 e. The fourth-order valence-electron chi connectivity index (χ4n) is 1.11. The molecule has 1 rings (SSSR count). The van der Waals surface area contributed by atoms with Gasteiger partial charge in [-0.25, -0.2) is 0 Å². The third-order valence-corrected chi connectivity index (χ3v) is 1.86. The highest BCUT2D eigenvalue weighted by Gasteiger charge is 2.07. The van der Waals surface area contributed by atoms with Gasteiger partial charge in [0.2, 0.25) is 0 Å². The summed E-state index contributed by atoms with van der Waals surface area (Å²) >= 11 is 5.58. The quantitative estimate of drug-likeness (QED) is 0.832. The summed E-state index contributed by atoms with van der Waals surface area (Å²) in [5.41, 5.74) is 0.755. The molecule has 0 fully saturated rings. The SMILES string of the molecule is C=C(Cl)COc1ccccc1[C@H](C)O. The van der Waals surface area contributed by atoms with Crippen LogP contribution in [0.25, 0.3) is 0 Å². The summed E-state index contributed by atoms with van der Waals surface area (Å²) in [6, 6.07) is 7.31. The Balaban J connectivity index is 2.79. The van der Waals surface area contributed by atoms with Crippen LogP contribution in [0.4, 0.5) is 0 Å². The van der Waals surface area contributed by atoms with Crippen molar-refractivity contribution in [3.63, 3.8) is 0 Å².